The van der Waals surface area contributed by atoms with E-state index in [1.165, 1.54) is 12.1 Å². The number of carbonyl (C=O) groups is 2. The molecule has 0 spiro atoms. The Bertz CT molecular complexity index is 982. The standard InChI is InChI=1S/C24H26ClF3N2O2/c1-3-15-7-10-20(25)19(4-2)21(15)29-22(31)16-11-13-30(14-12-16)23(32)17-5-8-18(9-6-17)24(26,27)28/h5-10,16H,3-4,11-14H2,1-2H3,(H,29,31). The normalized spacial score (nSPS) is 15.0. The maximum Gasteiger partial charge on any atom is 0.416 e. The van der Waals surface area contributed by atoms with Crippen LogP contribution in [-0.2, 0) is 23.8 Å². The van der Waals surface area contributed by atoms with E-state index in [2.05, 4.69) is 5.32 Å². The van der Waals surface area contributed by atoms with Crippen LogP contribution < -0.4 is 5.32 Å². The summed E-state index contributed by atoms with van der Waals surface area (Å²) in [5.74, 6) is -0.674. The van der Waals surface area contributed by atoms with Crippen LogP contribution in [0.5, 0.6) is 0 Å². The van der Waals surface area contributed by atoms with Crippen molar-refractivity contribution < 1.29 is 22.8 Å². The summed E-state index contributed by atoms with van der Waals surface area (Å²) in [5.41, 5.74) is 2.13. The third-order valence-corrected chi connectivity index (χ3v) is 6.29. The van der Waals surface area contributed by atoms with E-state index in [9.17, 15) is 22.8 Å². The van der Waals surface area contributed by atoms with Crippen LogP contribution in [0.25, 0.3) is 0 Å². The summed E-state index contributed by atoms with van der Waals surface area (Å²) in [7, 11) is 0. The predicted molar refractivity (Wildman–Crippen MR) is 119 cm³/mol. The molecule has 0 bridgehead atoms. The predicted octanol–water partition coefficient (Wildman–Crippen LogP) is 5.97. The van der Waals surface area contributed by atoms with Gasteiger partial charge in [-0.3, -0.25) is 9.59 Å². The van der Waals surface area contributed by atoms with Crippen LogP contribution in [0.3, 0.4) is 0 Å². The fourth-order valence-electron chi connectivity index (χ4n) is 4.02. The second-order valence-corrected chi connectivity index (χ2v) is 8.31. The molecule has 1 N–H and O–H groups in total. The zero-order chi connectivity index (χ0) is 23.5. The van der Waals surface area contributed by atoms with Gasteiger partial charge < -0.3 is 10.2 Å². The Labute approximate surface area is 190 Å². The van der Waals surface area contributed by atoms with Gasteiger partial charge in [0.25, 0.3) is 5.91 Å². The highest BCUT2D eigenvalue weighted by atomic mass is 35.5. The minimum atomic E-state index is -4.44. The second-order valence-electron chi connectivity index (χ2n) is 7.90. The molecule has 1 fully saturated rings. The van der Waals surface area contributed by atoms with Gasteiger partial charge in [0.1, 0.15) is 0 Å². The molecule has 0 aliphatic carbocycles. The zero-order valence-corrected chi connectivity index (χ0v) is 18.8. The molecule has 1 heterocycles. The molecule has 8 heteroatoms. The first-order valence-corrected chi connectivity index (χ1v) is 11.1. The van der Waals surface area contributed by atoms with Gasteiger partial charge in [0.15, 0.2) is 0 Å². The molecule has 3 rings (SSSR count). The van der Waals surface area contributed by atoms with Gasteiger partial charge in [-0.05, 0) is 67.1 Å². The van der Waals surface area contributed by atoms with Gasteiger partial charge in [-0.2, -0.15) is 13.2 Å². The largest absolute Gasteiger partial charge is 0.416 e. The number of aryl methyl sites for hydroxylation is 1. The summed E-state index contributed by atoms with van der Waals surface area (Å²) < 4.78 is 38.2. The lowest BCUT2D eigenvalue weighted by Gasteiger charge is -2.32. The highest BCUT2D eigenvalue weighted by Gasteiger charge is 2.31. The molecular weight excluding hydrogens is 441 g/mol. The number of hydrogen-bond acceptors (Lipinski definition) is 2. The van der Waals surface area contributed by atoms with E-state index in [-0.39, 0.29) is 23.3 Å². The highest BCUT2D eigenvalue weighted by Crippen LogP contribution is 2.32. The first-order valence-electron chi connectivity index (χ1n) is 10.7. The Hall–Kier alpha value is -2.54. The topological polar surface area (TPSA) is 49.4 Å². The van der Waals surface area contributed by atoms with Gasteiger partial charge >= 0.3 is 6.18 Å². The minimum Gasteiger partial charge on any atom is -0.339 e. The van der Waals surface area contributed by atoms with Crippen molar-refractivity contribution in [2.75, 3.05) is 18.4 Å². The highest BCUT2D eigenvalue weighted by molar-refractivity contribution is 6.32. The third kappa shape index (κ3) is 5.26. The summed E-state index contributed by atoms with van der Waals surface area (Å²) in [6, 6.07) is 7.98. The molecular formula is C24H26ClF3N2O2. The van der Waals surface area contributed by atoms with Crippen LogP contribution in [0.15, 0.2) is 36.4 Å². The molecule has 0 radical (unpaired) electrons. The van der Waals surface area contributed by atoms with Crippen molar-refractivity contribution in [2.45, 2.75) is 45.7 Å². The molecule has 4 nitrogen and oxygen atoms in total. The van der Waals surface area contributed by atoms with Gasteiger partial charge in [0, 0.05) is 35.3 Å². The summed E-state index contributed by atoms with van der Waals surface area (Å²) in [5, 5.41) is 3.68. The lowest BCUT2D eigenvalue weighted by atomic mass is 9.94. The van der Waals surface area contributed by atoms with Crippen molar-refractivity contribution in [2.24, 2.45) is 5.92 Å². The number of rotatable bonds is 5. The van der Waals surface area contributed by atoms with Crippen LogP contribution >= 0.6 is 11.6 Å². The molecule has 0 atom stereocenters. The average molecular weight is 467 g/mol. The van der Waals surface area contributed by atoms with E-state index in [0.29, 0.717) is 37.4 Å². The molecule has 1 aliphatic rings. The van der Waals surface area contributed by atoms with E-state index in [1.807, 2.05) is 26.0 Å². The van der Waals surface area contributed by atoms with Crippen LogP contribution in [-0.4, -0.2) is 29.8 Å². The van der Waals surface area contributed by atoms with E-state index in [0.717, 1.165) is 35.4 Å². The molecule has 1 aliphatic heterocycles. The molecule has 0 unspecified atom stereocenters. The number of carbonyl (C=O) groups excluding carboxylic acids is 2. The fourth-order valence-corrected chi connectivity index (χ4v) is 4.31. The molecule has 172 valence electrons. The van der Waals surface area contributed by atoms with Crippen LogP contribution in [0.1, 0.15) is 53.7 Å². The summed E-state index contributed by atoms with van der Waals surface area (Å²) >= 11 is 6.32. The molecule has 1 saturated heterocycles. The Kier molecular flexibility index (Phi) is 7.49. The zero-order valence-electron chi connectivity index (χ0n) is 18.1. The number of amides is 2. The Balaban J connectivity index is 1.63. The number of likely N-dealkylation sites (tertiary alicyclic amines) is 1. The lowest BCUT2D eigenvalue weighted by Crippen LogP contribution is -2.41. The maximum absolute atomic E-state index is 12.9. The summed E-state index contributed by atoms with van der Waals surface area (Å²) in [6.45, 7) is 4.74. The summed E-state index contributed by atoms with van der Waals surface area (Å²) in [6.07, 6.45) is -2.00. The minimum absolute atomic E-state index is 0.0988. The third-order valence-electron chi connectivity index (χ3n) is 5.94. The molecule has 32 heavy (non-hydrogen) atoms. The number of nitrogens with one attached hydrogen (secondary N) is 1. The molecule has 2 aromatic rings. The van der Waals surface area contributed by atoms with E-state index in [1.54, 1.807) is 4.90 Å². The molecule has 0 aromatic heterocycles. The van der Waals surface area contributed by atoms with Crippen molar-refractivity contribution in [1.82, 2.24) is 4.90 Å². The van der Waals surface area contributed by atoms with Gasteiger partial charge in [0.05, 0.1) is 5.56 Å². The molecule has 2 aromatic carbocycles. The summed E-state index contributed by atoms with van der Waals surface area (Å²) in [4.78, 5) is 27.2. The smallest absolute Gasteiger partial charge is 0.339 e. The lowest BCUT2D eigenvalue weighted by molar-refractivity contribution is -0.137. The van der Waals surface area contributed by atoms with Gasteiger partial charge in [0.2, 0.25) is 5.91 Å². The van der Waals surface area contributed by atoms with E-state index < -0.39 is 11.7 Å². The Morgan fingerprint density at radius 1 is 1.03 bits per heavy atom. The van der Waals surface area contributed by atoms with Crippen LogP contribution in [0.4, 0.5) is 18.9 Å². The quantitative estimate of drug-likeness (QED) is 0.589. The van der Waals surface area contributed by atoms with Gasteiger partial charge in [-0.25, -0.2) is 0 Å². The van der Waals surface area contributed by atoms with Crippen molar-refractivity contribution >= 4 is 29.1 Å². The molecule has 0 saturated carbocycles. The van der Waals surface area contributed by atoms with Crippen LogP contribution in [0, 0.1) is 5.92 Å². The van der Waals surface area contributed by atoms with Crippen molar-refractivity contribution in [3.05, 3.63) is 63.7 Å². The van der Waals surface area contributed by atoms with E-state index >= 15 is 0 Å². The van der Waals surface area contributed by atoms with Crippen molar-refractivity contribution in [3.8, 4) is 0 Å². The van der Waals surface area contributed by atoms with Gasteiger partial charge in [-0.15, -0.1) is 0 Å². The van der Waals surface area contributed by atoms with Crippen molar-refractivity contribution in [1.29, 1.82) is 0 Å². The Morgan fingerprint density at radius 2 is 1.66 bits per heavy atom. The first-order chi connectivity index (χ1) is 15.2. The number of halogens is 4. The monoisotopic (exact) mass is 466 g/mol. The average Bonchev–Trinajstić information content (AvgIpc) is 2.78. The van der Waals surface area contributed by atoms with Crippen LogP contribution in [0.2, 0.25) is 5.02 Å². The van der Waals surface area contributed by atoms with Gasteiger partial charge in [-0.1, -0.05) is 31.5 Å². The van der Waals surface area contributed by atoms with Crippen molar-refractivity contribution in [3.63, 3.8) is 0 Å². The number of alkyl halides is 3. The number of benzene rings is 2. The SMILES string of the molecule is CCc1ccc(Cl)c(CC)c1NC(=O)C1CCN(C(=O)c2ccc(C(F)(F)F)cc2)CC1. The second kappa shape index (κ2) is 9.94. The number of hydrogen-bond donors (Lipinski definition) is 1. The van der Waals surface area contributed by atoms with E-state index in [4.69, 9.17) is 11.6 Å². The number of anilines is 1. The number of piperidine rings is 1. The maximum atomic E-state index is 12.9. The molecule has 2 amide bonds. The first kappa shape index (κ1) is 24.1. The fraction of sp³-hybridized carbons (Fsp3) is 0.417. The Morgan fingerprint density at radius 3 is 2.19 bits per heavy atom. The number of nitrogens with zero attached hydrogens (tertiary/aromatic N) is 1.